The second-order valence-corrected chi connectivity index (χ2v) is 3.21. The van der Waals surface area contributed by atoms with E-state index in [4.69, 9.17) is 0 Å². The van der Waals surface area contributed by atoms with Crippen molar-refractivity contribution >= 4 is 24.2 Å². The van der Waals surface area contributed by atoms with Crippen molar-refractivity contribution in [2.24, 2.45) is 0 Å². The molecule has 0 saturated heterocycles. The van der Waals surface area contributed by atoms with E-state index in [1.54, 1.807) is 11.8 Å². The Balaban J connectivity index is 0.000000605. The summed E-state index contributed by atoms with van der Waals surface area (Å²) in [4.78, 5) is 1.37. The topological polar surface area (TPSA) is 0 Å². The summed E-state index contributed by atoms with van der Waals surface area (Å²) in [7, 11) is 0. The van der Waals surface area contributed by atoms with Gasteiger partial charge in [0.2, 0.25) is 0 Å². The second kappa shape index (κ2) is 3.33. The Morgan fingerprint density at radius 1 is 1.18 bits per heavy atom. The van der Waals surface area contributed by atoms with Crippen LogP contribution in [-0.4, -0.2) is 6.26 Å². The third kappa shape index (κ3) is 1.44. The van der Waals surface area contributed by atoms with E-state index in [2.05, 4.69) is 36.6 Å². The molecule has 0 fully saturated rings. The quantitative estimate of drug-likeness (QED) is 0.604. The molecule has 0 aliphatic heterocycles. The summed E-state index contributed by atoms with van der Waals surface area (Å²) < 4.78 is 0. The molecule has 2 rings (SSSR count). The van der Waals surface area contributed by atoms with Crippen LogP contribution in [-0.2, 0) is 0 Å². The molecule has 0 atom stereocenters. The molecule has 2 heteroatoms. The minimum absolute atomic E-state index is 0. The van der Waals surface area contributed by atoms with Gasteiger partial charge in [-0.2, -0.15) is 0 Å². The first kappa shape index (κ1) is 8.69. The van der Waals surface area contributed by atoms with E-state index in [0.29, 0.717) is 0 Å². The molecule has 0 spiro atoms. The fourth-order valence-corrected chi connectivity index (χ4v) is 1.67. The monoisotopic (exact) mass is 184 g/mol. The normalized spacial score (nSPS) is 18.5. The third-order valence-electron chi connectivity index (χ3n) is 1.72. The maximum absolute atomic E-state index is 2.22. The number of thioether (sulfide) groups is 1. The Labute approximate surface area is 77.2 Å². The van der Waals surface area contributed by atoms with Gasteiger partial charge in [0, 0.05) is 4.91 Å². The zero-order valence-electron chi connectivity index (χ0n) is 6.20. The van der Waals surface area contributed by atoms with Gasteiger partial charge in [0.05, 0.1) is 0 Å². The van der Waals surface area contributed by atoms with Crippen LogP contribution in [0.2, 0.25) is 0 Å². The molecule has 2 aliphatic carbocycles. The molecule has 0 N–H and O–H groups in total. The van der Waals surface area contributed by atoms with Gasteiger partial charge < -0.3 is 0 Å². The maximum atomic E-state index is 2.22. The van der Waals surface area contributed by atoms with Crippen LogP contribution in [0, 0.1) is 0 Å². The van der Waals surface area contributed by atoms with E-state index in [9.17, 15) is 0 Å². The van der Waals surface area contributed by atoms with Gasteiger partial charge in [0.15, 0.2) is 0 Å². The number of hydrogen-bond donors (Lipinski definition) is 0. The minimum Gasteiger partial charge on any atom is -0.147 e. The van der Waals surface area contributed by atoms with E-state index >= 15 is 0 Å². The van der Waals surface area contributed by atoms with Crippen molar-refractivity contribution in [2.75, 3.05) is 6.26 Å². The summed E-state index contributed by atoms with van der Waals surface area (Å²) in [5, 5.41) is 0. The molecule has 58 valence electrons. The molecular formula is C9H9ClS. The van der Waals surface area contributed by atoms with Gasteiger partial charge in [0.1, 0.15) is 0 Å². The minimum atomic E-state index is 0. The predicted molar refractivity (Wildman–Crippen MR) is 54.2 cm³/mol. The standard InChI is InChI=1S/C9H8S.ClH/c1-10-9-5-7-3-2-4-8(7)6-9;/h2-6H,1H3;1H. The highest BCUT2D eigenvalue weighted by atomic mass is 35.5. The van der Waals surface area contributed by atoms with Crippen LogP contribution in [0.25, 0.3) is 0 Å². The van der Waals surface area contributed by atoms with Crippen molar-refractivity contribution in [3.63, 3.8) is 0 Å². The van der Waals surface area contributed by atoms with Crippen molar-refractivity contribution in [2.45, 2.75) is 0 Å². The molecule has 0 saturated carbocycles. The van der Waals surface area contributed by atoms with Crippen LogP contribution in [0.5, 0.6) is 0 Å². The zero-order chi connectivity index (χ0) is 6.97. The van der Waals surface area contributed by atoms with Gasteiger partial charge >= 0.3 is 0 Å². The van der Waals surface area contributed by atoms with Gasteiger partial charge in [-0.1, -0.05) is 18.2 Å². The van der Waals surface area contributed by atoms with E-state index < -0.39 is 0 Å². The lowest BCUT2D eigenvalue weighted by Crippen LogP contribution is -1.67. The van der Waals surface area contributed by atoms with Gasteiger partial charge in [-0.25, -0.2) is 0 Å². The number of halogens is 1. The highest BCUT2D eigenvalue weighted by Gasteiger charge is 2.10. The van der Waals surface area contributed by atoms with Crippen molar-refractivity contribution in [1.29, 1.82) is 0 Å². The maximum Gasteiger partial charge on any atom is 0.00814 e. The molecule has 0 bridgehead atoms. The van der Waals surface area contributed by atoms with Gasteiger partial charge in [-0.3, -0.25) is 0 Å². The molecule has 0 unspecified atom stereocenters. The molecule has 0 aromatic carbocycles. The summed E-state index contributed by atoms with van der Waals surface area (Å²) in [5.74, 6) is 0. The van der Waals surface area contributed by atoms with Crippen molar-refractivity contribution in [1.82, 2.24) is 0 Å². The van der Waals surface area contributed by atoms with Crippen LogP contribution in [0.3, 0.4) is 0 Å². The zero-order valence-corrected chi connectivity index (χ0v) is 7.84. The lowest BCUT2D eigenvalue weighted by Gasteiger charge is -1.85. The Hall–Kier alpha value is -0.400. The Morgan fingerprint density at radius 2 is 2.00 bits per heavy atom. The smallest absolute Gasteiger partial charge is 0.00814 e. The highest BCUT2D eigenvalue weighted by Crippen LogP contribution is 2.32. The first-order valence-electron chi connectivity index (χ1n) is 3.26. The van der Waals surface area contributed by atoms with Crippen LogP contribution < -0.4 is 0 Å². The molecule has 0 amide bonds. The van der Waals surface area contributed by atoms with Gasteiger partial charge in [-0.15, -0.1) is 24.2 Å². The molecule has 0 aromatic rings. The van der Waals surface area contributed by atoms with Crippen LogP contribution in [0.1, 0.15) is 0 Å². The number of hydrogen-bond acceptors (Lipinski definition) is 1. The lowest BCUT2D eigenvalue weighted by atomic mass is 10.2. The fourth-order valence-electron chi connectivity index (χ4n) is 1.18. The van der Waals surface area contributed by atoms with Crippen LogP contribution in [0.4, 0.5) is 0 Å². The van der Waals surface area contributed by atoms with Gasteiger partial charge in [-0.05, 0) is 29.6 Å². The summed E-state index contributed by atoms with van der Waals surface area (Å²) in [6.07, 6.45) is 12.9. The number of allylic oxidation sites excluding steroid dienone is 7. The second-order valence-electron chi connectivity index (χ2n) is 2.33. The Morgan fingerprint density at radius 3 is 2.64 bits per heavy atom. The molecular weight excluding hydrogens is 176 g/mol. The third-order valence-corrected chi connectivity index (χ3v) is 2.42. The molecule has 11 heavy (non-hydrogen) atoms. The lowest BCUT2D eigenvalue weighted by molar-refractivity contribution is 1.69. The molecule has 0 aromatic heterocycles. The SMILES string of the molecule is CSC1=CC2=CC=CC2=C1.Cl. The molecule has 0 radical (unpaired) electrons. The van der Waals surface area contributed by atoms with E-state index in [1.807, 2.05) is 0 Å². The first-order chi connectivity index (χ1) is 4.90. The van der Waals surface area contributed by atoms with E-state index in [-0.39, 0.29) is 12.4 Å². The average molecular weight is 185 g/mol. The summed E-state index contributed by atoms with van der Waals surface area (Å²) in [6.45, 7) is 0. The molecule has 0 heterocycles. The average Bonchev–Trinajstić information content (AvgIpc) is 2.42. The number of fused-ring (bicyclic) bond motifs is 1. The van der Waals surface area contributed by atoms with Crippen molar-refractivity contribution in [3.05, 3.63) is 46.4 Å². The van der Waals surface area contributed by atoms with Crippen molar-refractivity contribution < 1.29 is 0 Å². The van der Waals surface area contributed by atoms with E-state index in [0.717, 1.165) is 0 Å². The first-order valence-corrected chi connectivity index (χ1v) is 4.49. The summed E-state index contributed by atoms with van der Waals surface area (Å²) in [6, 6.07) is 0. The Bertz CT molecular complexity index is 282. The summed E-state index contributed by atoms with van der Waals surface area (Å²) in [5.41, 5.74) is 2.73. The van der Waals surface area contributed by atoms with E-state index in [1.165, 1.54) is 16.1 Å². The largest absolute Gasteiger partial charge is 0.147 e. The summed E-state index contributed by atoms with van der Waals surface area (Å²) >= 11 is 1.80. The van der Waals surface area contributed by atoms with Crippen molar-refractivity contribution in [3.8, 4) is 0 Å². The highest BCUT2D eigenvalue weighted by molar-refractivity contribution is 8.02. The van der Waals surface area contributed by atoms with Gasteiger partial charge in [0.25, 0.3) is 0 Å². The van der Waals surface area contributed by atoms with Crippen LogP contribution >= 0.6 is 24.2 Å². The van der Waals surface area contributed by atoms with Crippen LogP contribution in [0.15, 0.2) is 46.4 Å². The number of rotatable bonds is 1. The fraction of sp³-hybridized carbons (Fsp3) is 0.111. The predicted octanol–water partition coefficient (Wildman–Crippen LogP) is 3.09. The molecule has 0 nitrogen and oxygen atoms in total. The Kier molecular flexibility index (Phi) is 2.63. The molecule has 2 aliphatic rings.